The molecule has 0 spiro atoms. The third-order valence-corrected chi connectivity index (χ3v) is 3.11. The van der Waals surface area contributed by atoms with Crippen molar-refractivity contribution in [2.45, 2.75) is 19.5 Å². The fourth-order valence-electron chi connectivity index (χ4n) is 2.01. The minimum atomic E-state index is -0.181. The number of imidazole rings is 1. The van der Waals surface area contributed by atoms with Crippen molar-refractivity contribution in [2.24, 2.45) is 5.73 Å². The number of hydrogen-bond donors (Lipinski definition) is 1. The molecule has 0 aliphatic carbocycles. The van der Waals surface area contributed by atoms with Crippen LogP contribution >= 0.6 is 0 Å². The average molecular weight is 244 g/mol. The zero-order valence-corrected chi connectivity index (χ0v) is 11.2. The second kappa shape index (κ2) is 5.23. The van der Waals surface area contributed by atoms with Gasteiger partial charge in [-0.3, -0.25) is 0 Å². The fraction of sp³-hybridized carbons (Fsp3) is 0.357. The molecule has 0 aliphatic rings. The number of nitrogens with two attached hydrogens (primary N) is 1. The molecule has 18 heavy (non-hydrogen) atoms. The third-order valence-electron chi connectivity index (χ3n) is 3.11. The third kappa shape index (κ3) is 2.38. The Labute approximate surface area is 108 Å². The first-order chi connectivity index (χ1) is 8.63. The lowest BCUT2D eigenvalue weighted by molar-refractivity contribution is 0.656. The number of benzene rings is 1. The summed E-state index contributed by atoms with van der Waals surface area (Å²) in [5.41, 5.74) is 8.54. The lowest BCUT2D eigenvalue weighted by Gasteiger charge is -2.17. The smallest absolute Gasteiger partial charge is 0.130 e. The Hall–Kier alpha value is -1.81. The highest BCUT2D eigenvalue weighted by atomic mass is 15.1. The molecule has 1 unspecified atom stereocenters. The first-order valence-electron chi connectivity index (χ1n) is 6.17. The molecule has 0 saturated heterocycles. The van der Waals surface area contributed by atoms with Gasteiger partial charge in [-0.15, -0.1) is 0 Å². The van der Waals surface area contributed by atoms with Crippen molar-refractivity contribution < 1.29 is 0 Å². The zero-order chi connectivity index (χ0) is 13.1. The van der Waals surface area contributed by atoms with Crippen LogP contribution in [0, 0.1) is 0 Å². The number of anilines is 1. The number of hydrogen-bond acceptors (Lipinski definition) is 3. The van der Waals surface area contributed by atoms with Gasteiger partial charge >= 0.3 is 0 Å². The first-order valence-corrected chi connectivity index (χ1v) is 6.17. The fourth-order valence-corrected chi connectivity index (χ4v) is 2.01. The van der Waals surface area contributed by atoms with E-state index in [-0.39, 0.29) is 6.04 Å². The summed E-state index contributed by atoms with van der Waals surface area (Å²) >= 11 is 0. The molecule has 0 radical (unpaired) electrons. The molecule has 0 bridgehead atoms. The van der Waals surface area contributed by atoms with Crippen LogP contribution in [-0.4, -0.2) is 23.6 Å². The summed E-state index contributed by atoms with van der Waals surface area (Å²) in [6.07, 6.45) is 3.76. The van der Waals surface area contributed by atoms with Gasteiger partial charge in [0, 0.05) is 38.7 Å². The van der Waals surface area contributed by atoms with Gasteiger partial charge in [0.25, 0.3) is 0 Å². The summed E-state index contributed by atoms with van der Waals surface area (Å²) < 4.78 is 2.08. The predicted molar refractivity (Wildman–Crippen MR) is 74.7 cm³/mol. The second-order valence-electron chi connectivity index (χ2n) is 4.54. The lowest BCUT2D eigenvalue weighted by atomic mass is 10.1. The van der Waals surface area contributed by atoms with Gasteiger partial charge < -0.3 is 15.2 Å². The van der Waals surface area contributed by atoms with Gasteiger partial charge in [-0.2, -0.15) is 0 Å². The summed E-state index contributed by atoms with van der Waals surface area (Å²) in [6.45, 7) is 2.98. The maximum Gasteiger partial charge on any atom is 0.130 e. The Morgan fingerprint density at radius 1 is 1.39 bits per heavy atom. The van der Waals surface area contributed by atoms with E-state index in [0.717, 1.165) is 23.6 Å². The summed E-state index contributed by atoms with van der Waals surface area (Å²) in [7, 11) is 4.05. The Kier molecular flexibility index (Phi) is 3.67. The zero-order valence-electron chi connectivity index (χ0n) is 11.2. The molecule has 4 heteroatoms. The van der Waals surface area contributed by atoms with Crippen LogP contribution in [-0.2, 0) is 6.54 Å². The second-order valence-corrected chi connectivity index (χ2v) is 4.54. The molecule has 4 nitrogen and oxygen atoms in total. The molecule has 96 valence electrons. The largest absolute Gasteiger partial charge is 0.378 e. The number of nitrogens with zero attached hydrogens (tertiary/aromatic N) is 3. The molecule has 2 rings (SSSR count). The van der Waals surface area contributed by atoms with Crippen LogP contribution < -0.4 is 10.6 Å². The van der Waals surface area contributed by atoms with Crippen LogP contribution in [0.15, 0.2) is 36.7 Å². The normalized spacial score (nSPS) is 12.4. The average Bonchev–Trinajstić information content (AvgIpc) is 2.86. The highest BCUT2D eigenvalue weighted by Gasteiger charge is 2.14. The van der Waals surface area contributed by atoms with Crippen LogP contribution in [0.2, 0.25) is 0 Å². The number of aryl methyl sites for hydroxylation is 1. The van der Waals surface area contributed by atoms with Crippen molar-refractivity contribution in [2.75, 3.05) is 19.0 Å². The number of rotatable bonds is 4. The van der Waals surface area contributed by atoms with E-state index in [1.54, 1.807) is 6.20 Å². The predicted octanol–water partition coefficient (Wildman–Crippen LogP) is 2.02. The Balaban J connectivity index is 2.34. The van der Waals surface area contributed by atoms with Crippen LogP contribution in [0.4, 0.5) is 5.69 Å². The summed E-state index contributed by atoms with van der Waals surface area (Å²) in [5.74, 6) is 0.911. The molecule has 1 aromatic carbocycles. The summed E-state index contributed by atoms with van der Waals surface area (Å²) in [4.78, 5) is 6.43. The van der Waals surface area contributed by atoms with E-state index in [9.17, 15) is 0 Å². The van der Waals surface area contributed by atoms with Gasteiger partial charge in [0.15, 0.2) is 0 Å². The molecule has 0 amide bonds. The van der Waals surface area contributed by atoms with E-state index in [1.165, 1.54) is 0 Å². The molecular formula is C14H20N4. The number of aromatic nitrogens is 2. The van der Waals surface area contributed by atoms with E-state index in [4.69, 9.17) is 5.73 Å². The molecule has 0 fully saturated rings. The molecule has 2 N–H and O–H groups in total. The van der Waals surface area contributed by atoms with Crippen LogP contribution in [0.3, 0.4) is 0 Å². The Morgan fingerprint density at radius 2 is 2.17 bits per heavy atom. The van der Waals surface area contributed by atoms with Crippen molar-refractivity contribution in [3.8, 4) is 0 Å². The highest BCUT2D eigenvalue weighted by Crippen LogP contribution is 2.22. The van der Waals surface area contributed by atoms with Crippen molar-refractivity contribution in [1.82, 2.24) is 9.55 Å². The highest BCUT2D eigenvalue weighted by molar-refractivity contribution is 5.48. The first kappa shape index (κ1) is 12.6. The minimum Gasteiger partial charge on any atom is -0.378 e. The van der Waals surface area contributed by atoms with Crippen LogP contribution in [0.25, 0.3) is 0 Å². The van der Waals surface area contributed by atoms with Crippen molar-refractivity contribution in [3.63, 3.8) is 0 Å². The maximum absolute atomic E-state index is 6.30. The van der Waals surface area contributed by atoms with Gasteiger partial charge in [0.1, 0.15) is 5.82 Å². The monoisotopic (exact) mass is 244 g/mol. The summed E-state index contributed by atoms with van der Waals surface area (Å²) in [6, 6.07) is 8.08. The molecule has 1 aromatic heterocycles. The Bertz CT molecular complexity index is 516. The van der Waals surface area contributed by atoms with E-state index in [1.807, 2.05) is 32.4 Å². The lowest BCUT2D eigenvalue weighted by Crippen LogP contribution is -2.18. The molecule has 1 atom stereocenters. The standard InChI is InChI=1S/C14H20N4/c1-4-18-9-8-16-14(18)13(15)11-6-5-7-12(10-11)17(2)3/h5-10,13H,4,15H2,1-3H3. The molecule has 2 aromatic rings. The van der Waals surface area contributed by atoms with Gasteiger partial charge in [-0.25, -0.2) is 4.98 Å². The SMILES string of the molecule is CCn1ccnc1C(N)c1cccc(N(C)C)c1. The van der Waals surface area contributed by atoms with Gasteiger partial charge in [0.2, 0.25) is 0 Å². The van der Waals surface area contributed by atoms with E-state index in [2.05, 4.69) is 33.5 Å². The van der Waals surface area contributed by atoms with Crippen molar-refractivity contribution >= 4 is 5.69 Å². The van der Waals surface area contributed by atoms with Crippen molar-refractivity contribution in [1.29, 1.82) is 0 Å². The Morgan fingerprint density at radius 3 is 2.83 bits per heavy atom. The summed E-state index contributed by atoms with van der Waals surface area (Å²) in [5, 5.41) is 0. The van der Waals surface area contributed by atoms with Crippen molar-refractivity contribution in [3.05, 3.63) is 48.0 Å². The van der Waals surface area contributed by atoms with E-state index >= 15 is 0 Å². The van der Waals surface area contributed by atoms with Crippen LogP contribution in [0.5, 0.6) is 0 Å². The van der Waals surface area contributed by atoms with Gasteiger partial charge in [0.05, 0.1) is 6.04 Å². The quantitative estimate of drug-likeness (QED) is 0.895. The topological polar surface area (TPSA) is 47.1 Å². The minimum absolute atomic E-state index is 0.181. The van der Waals surface area contributed by atoms with E-state index in [0.29, 0.717) is 0 Å². The van der Waals surface area contributed by atoms with E-state index < -0.39 is 0 Å². The maximum atomic E-state index is 6.30. The molecule has 1 heterocycles. The van der Waals surface area contributed by atoms with Crippen LogP contribution in [0.1, 0.15) is 24.4 Å². The molecule has 0 aliphatic heterocycles. The van der Waals surface area contributed by atoms with Gasteiger partial charge in [-0.1, -0.05) is 12.1 Å². The van der Waals surface area contributed by atoms with Gasteiger partial charge in [-0.05, 0) is 24.6 Å². The molecular weight excluding hydrogens is 224 g/mol. The molecule has 0 saturated carbocycles.